The van der Waals surface area contributed by atoms with Crippen LogP contribution in [0.5, 0.6) is 0 Å². The van der Waals surface area contributed by atoms with Crippen LogP contribution in [0.4, 0.5) is 0 Å². The molecule has 22 heavy (non-hydrogen) atoms. The highest BCUT2D eigenvalue weighted by Gasteiger charge is 2.19. The lowest BCUT2D eigenvalue weighted by Crippen LogP contribution is -2.37. The number of carbonyl (C=O) groups is 3. The number of esters is 1. The van der Waals surface area contributed by atoms with Crippen LogP contribution in [0.15, 0.2) is 12.1 Å². The van der Waals surface area contributed by atoms with Gasteiger partial charge in [-0.05, 0) is 31.9 Å². The minimum atomic E-state index is -0.842. The van der Waals surface area contributed by atoms with E-state index in [1.807, 2.05) is 26.8 Å². The molecule has 0 aliphatic rings. The molecule has 0 spiro atoms. The lowest BCUT2D eigenvalue weighted by Gasteiger charge is -2.14. The van der Waals surface area contributed by atoms with Crippen LogP contribution in [0.1, 0.15) is 48.2 Å². The number of aryl methyl sites for hydroxylation is 1. The number of amides is 1. The van der Waals surface area contributed by atoms with Gasteiger partial charge in [-0.2, -0.15) is 0 Å². The van der Waals surface area contributed by atoms with E-state index >= 15 is 0 Å². The van der Waals surface area contributed by atoms with E-state index in [1.54, 1.807) is 6.07 Å². The molecule has 1 aromatic heterocycles. The average Bonchev–Trinajstić information content (AvgIpc) is 2.88. The van der Waals surface area contributed by atoms with Gasteiger partial charge < -0.3 is 10.1 Å². The monoisotopic (exact) mass is 325 g/mol. The van der Waals surface area contributed by atoms with Crippen molar-refractivity contribution in [3.05, 3.63) is 21.9 Å². The normalized spacial score (nSPS) is 12.0. The van der Waals surface area contributed by atoms with Gasteiger partial charge in [-0.3, -0.25) is 14.4 Å². The largest absolute Gasteiger partial charge is 0.453 e. The van der Waals surface area contributed by atoms with Crippen LogP contribution in [0, 0.1) is 12.8 Å². The van der Waals surface area contributed by atoms with Gasteiger partial charge in [0.15, 0.2) is 11.9 Å². The second-order valence-electron chi connectivity index (χ2n) is 5.60. The van der Waals surface area contributed by atoms with Gasteiger partial charge in [0.2, 0.25) is 0 Å². The van der Waals surface area contributed by atoms with Crippen LogP contribution in [0.2, 0.25) is 0 Å². The van der Waals surface area contributed by atoms with E-state index in [0.29, 0.717) is 17.3 Å². The lowest BCUT2D eigenvalue weighted by atomic mass is 10.2. The topological polar surface area (TPSA) is 72.5 Å². The summed E-state index contributed by atoms with van der Waals surface area (Å²) in [4.78, 5) is 37.0. The number of hydrogen-bond acceptors (Lipinski definition) is 5. The number of hydrogen-bond donors (Lipinski definition) is 1. The van der Waals surface area contributed by atoms with Crippen molar-refractivity contribution in [1.29, 1.82) is 0 Å². The van der Waals surface area contributed by atoms with Gasteiger partial charge >= 0.3 is 5.97 Å². The number of carbonyl (C=O) groups excluding carboxylic acids is 3. The summed E-state index contributed by atoms with van der Waals surface area (Å²) >= 11 is 1.41. The predicted octanol–water partition coefficient (Wildman–Crippen LogP) is 2.72. The lowest BCUT2D eigenvalue weighted by molar-refractivity contribution is -0.154. The number of rotatable bonds is 8. The SMILES string of the molecule is Cc1ccc(C(=O)CCC(=O)OC(C)C(=O)NCC(C)C)s1. The highest BCUT2D eigenvalue weighted by molar-refractivity contribution is 7.14. The third-order valence-corrected chi connectivity index (χ3v) is 3.98. The summed E-state index contributed by atoms with van der Waals surface area (Å²) in [5.74, 6) is -0.596. The highest BCUT2D eigenvalue weighted by Crippen LogP contribution is 2.17. The van der Waals surface area contributed by atoms with Crippen LogP contribution in [-0.2, 0) is 14.3 Å². The minimum Gasteiger partial charge on any atom is -0.453 e. The van der Waals surface area contributed by atoms with Crippen molar-refractivity contribution < 1.29 is 19.1 Å². The van der Waals surface area contributed by atoms with Crippen LogP contribution in [0.25, 0.3) is 0 Å². The third kappa shape index (κ3) is 6.39. The highest BCUT2D eigenvalue weighted by atomic mass is 32.1. The van der Waals surface area contributed by atoms with E-state index in [4.69, 9.17) is 4.74 Å². The van der Waals surface area contributed by atoms with Crippen molar-refractivity contribution in [3.63, 3.8) is 0 Å². The first-order chi connectivity index (χ1) is 10.3. The molecule has 1 heterocycles. The molecule has 0 aliphatic heterocycles. The van der Waals surface area contributed by atoms with E-state index in [-0.39, 0.29) is 24.5 Å². The Labute approximate surface area is 135 Å². The van der Waals surface area contributed by atoms with E-state index in [0.717, 1.165) is 4.88 Å². The van der Waals surface area contributed by atoms with Gasteiger partial charge in [0.25, 0.3) is 5.91 Å². The predicted molar refractivity (Wildman–Crippen MR) is 86.0 cm³/mol. The summed E-state index contributed by atoms with van der Waals surface area (Å²) in [5.41, 5.74) is 0. The number of Topliss-reactive ketones (excluding diaryl/α,β-unsaturated/α-hetero) is 1. The second-order valence-corrected chi connectivity index (χ2v) is 6.89. The first-order valence-corrected chi connectivity index (χ1v) is 8.18. The fraction of sp³-hybridized carbons (Fsp3) is 0.562. The van der Waals surface area contributed by atoms with E-state index in [1.165, 1.54) is 18.3 Å². The quantitative estimate of drug-likeness (QED) is 0.589. The van der Waals surface area contributed by atoms with Crippen LogP contribution in [0.3, 0.4) is 0 Å². The molecular weight excluding hydrogens is 302 g/mol. The Morgan fingerprint density at radius 3 is 2.41 bits per heavy atom. The minimum absolute atomic E-state index is 0.0163. The average molecular weight is 325 g/mol. The Morgan fingerprint density at radius 1 is 1.18 bits per heavy atom. The van der Waals surface area contributed by atoms with E-state index in [2.05, 4.69) is 5.32 Å². The molecule has 0 bridgehead atoms. The van der Waals surface area contributed by atoms with Crippen molar-refractivity contribution in [2.75, 3.05) is 6.54 Å². The first kappa shape index (κ1) is 18.4. The number of ether oxygens (including phenoxy) is 1. The van der Waals surface area contributed by atoms with Crippen molar-refractivity contribution in [2.45, 2.75) is 46.6 Å². The Hall–Kier alpha value is -1.69. The molecule has 0 saturated carbocycles. The zero-order chi connectivity index (χ0) is 16.7. The molecule has 1 aromatic rings. The van der Waals surface area contributed by atoms with Gasteiger partial charge in [-0.15, -0.1) is 11.3 Å². The Morgan fingerprint density at radius 2 is 1.86 bits per heavy atom. The Bertz CT molecular complexity index is 536. The van der Waals surface area contributed by atoms with Gasteiger partial charge in [-0.1, -0.05) is 13.8 Å². The summed E-state index contributed by atoms with van der Waals surface area (Å²) in [6, 6.07) is 3.63. The number of nitrogens with one attached hydrogen (secondary N) is 1. The molecular formula is C16H23NO4S. The standard InChI is InChI=1S/C16H23NO4S/c1-10(2)9-17-16(20)12(4)21-15(19)8-6-13(18)14-7-5-11(3)22-14/h5,7,10,12H,6,8-9H2,1-4H3,(H,17,20). The van der Waals surface area contributed by atoms with Crippen LogP contribution in [-0.4, -0.2) is 30.3 Å². The molecule has 1 unspecified atom stereocenters. The zero-order valence-electron chi connectivity index (χ0n) is 13.5. The number of thiophene rings is 1. The van der Waals surface area contributed by atoms with Crippen molar-refractivity contribution in [3.8, 4) is 0 Å². The molecule has 0 radical (unpaired) electrons. The van der Waals surface area contributed by atoms with Crippen LogP contribution < -0.4 is 5.32 Å². The van der Waals surface area contributed by atoms with Gasteiger partial charge in [0.1, 0.15) is 0 Å². The van der Waals surface area contributed by atoms with Crippen molar-refractivity contribution in [2.24, 2.45) is 5.92 Å². The maximum Gasteiger partial charge on any atom is 0.307 e. The maximum atomic E-state index is 11.9. The molecule has 1 atom stereocenters. The Kier molecular flexibility index (Phi) is 7.24. The van der Waals surface area contributed by atoms with Gasteiger partial charge in [0, 0.05) is 17.8 Å². The molecule has 0 fully saturated rings. The van der Waals surface area contributed by atoms with E-state index < -0.39 is 12.1 Å². The Balaban J connectivity index is 2.33. The number of ketones is 1. The summed E-state index contributed by atoms with van der Waals surface area (Å²) < 4.78 is 5.04. The van der Waals surface area contributed by atoms with Gasteiger partial charge in [-0.25, -0.2) is 0 Å². The molecule has 0 aromatic carbocycles. The molecule has 6 heteroatoms. The smallest absolute Gasteiger partial charge is 0.307 e. The summed E-state index contributed by atoms with van der Waals surface area (Å²) in [5, 5.41) is 2.70. The van der Waals surface area contributed by atoms with Crippen molar-refractivity contribution in [1.82, 2.24) is 5.32 Å². The van der Waals surface area contributed by atoms with Gasteiger partial charge in [0.05, 0.1) is 11.3 Å². The van der Waals surface area contributed by atoms with Crippen LogP contribution >= 0.6 is 11.3 Å². The first-order valence-electron chi connectivity index (χ1n) is 7.36. The fourth-order valence-corrected chi connectivity index (χ4v) is 2.52. The molecule has 1 rings (SSSR count). The van der Waals surface area contributed by atoms with E-state index in [9.17, 15) is 14.4 Å². The maximum absolute atomic E-state index is 11.9. The molecule has 1 amide bonds. The van der Waals surface area contributed by atoms with Crippen molar-refractivity contribution >= 4 is 29.0 Å². The third-order valence-electron chi connectivity index (χ3n) is 2.93. The molecule has 5 nitrogen and oxygen atoms in total. The second kappa shape index (κ2) is 8.68. The molecule has 0 saturated heterocycles. The molecule has 1 N–H and O–H groups in total. The zero-order valence-corrected chi connectivity index (χ0v) is 14.3. The molecule has 0 aliphatic carbocycles. The summed E-state index contributed by atoms with van der Waals surface area (Å²) in [6.07, 6.45) is -0.762. The summed E-state index contributed by atoms with van der Waals surface area (Å²) in [6.45, 7) is 7.95. The molecule has 122 valence electrons. The fourth-order valence-electron chi connectivity index (χ4n) is 1.68. The summed E-state index contributed by atoms with van der Waals surface area (Å²) in [7, 11) is 0.